The minimum Gasteiger partial charge on any atom is -0.465 e. The number of ether oxygens (including phenoxy) is 1. The number of carbonyl (C=O) groups is 2. The zero-order chi connectivity index (χ0) is 19.7. The number of anilines is 1. The molecule has 0 saturated carbocycles. The number of hydrogen-bond acceptors (Lipinski definition) is 3. The fraction of sp³-hybridized carbons (Fsp3) is 0.143. The summed E-state index contributed by atoms with van der Waals surface area (Å²) >= 11 is 12.2. The number of benzene rings is 2. The van der Waals surface area contributed by atoms with E-state index in [2.05, 4.69) is 0 Å². The molecule has 0 aromatic heterocycles. The Morgan fingerprint density at radius 3 is 2.33 bits per heavy atom. The molecule has 0 fully saturated rings. The molecular formula is C21H17Cl2NO3. The minimum absolute atomic E-state index is 0.222. The highest BCUT2D eigenvalue weighted by Crippen LogP contribution is 2.37. The number of methoxy groups -OCH3 is 1. The van der Waals surface area contributed by atoms with Crippen molar-refractivity contribution in [2.24, 2.45) is 0 Å². The summed E-state index contributed by atoms with van der Waals surface area (Å²) in [7, 11) is 1.29. The van der Waals surface area contributed by atoms with E-state index in [-0.39, 0.29) is 17.1 Å². The molecule has 0 N–H and O–H groups in total. The number of carbonyl (C=O) groups excluding carboxylic acids is 2. The highest BCUT2D eigenvalue weighted by molar-refractivity contribution is 6.35. The Bertz CT molecular complexity index is 988. The monoisotopic (exact) mass is 401 g/mol. The van der Waals surface area contributed by atoms with Crippen molar-refractivity contribution in [2.75, 3.05) is 12.0 Å². The van der Waals surface area contributed by atoms with E-state index in [1.807, 2.05) is 31.2 Å². The smallest absolute Gasteiger partial charge is 0.340 e. The van der Waals surface area contributed by atoms with Crippen molar-refractivity contribution in [1.82, 2.24) is 0 Å². The summed E-state index contributed by atoms with van der Waals surface area (Å²) in [6.45, 7) is 3.65. The van der Waals surface area contributed by atoms with E-state index in [0.717, 1.165) is 11.1 Å². The molecular weight excluding hydrogens is 385 g/mol. The normalized spacial score (nSPS) is 15.7. The van der Waals surface area contributed by atoms with E-state index in [1.165, 1.54) is 12.0 Å². The van der Waals surface area contributed by atoms with E-state index in [1.54, 1.807) is 31.2 Å². The van der Waals surface area contributed by atoms with Crippen LogP contribution in [-0.4, -0.2) is 19.0 Å². The number of allylic oxidation sites excluding steroid dienone is 1. The van der Waals surface area contributed by atoms with Crippen LogP contribution in [0.4, 0.5) is 5.69 Å². The van der Waals surface area contributed by atoms with Crippen molar-refractivity contribution in [3.63, 3.8) is 0 Å². The zero-order valence-corrected chi connectivity index (χ0v) is 16.6. The lowest BCUT2D eigenvalue weighted by molar-refractivity contribution is -0.136. The molecule has 0 bridgehead atoms. The lowest BCUT2D eigenvalue weighted by Crippen LogP contribution is -2.24. The summed E-state index contributed by atoms with van der Waals surface area (Å²) in [4.78, 5) is 27.0. The van der Waals surface area contributed by atoms with Crippen molar-refractivity contribution >= 4 is 46.8 Å². The van der Waals surface area contributed by atoms with Gasteiger partial charge in [-0.3, -0.25) is 9.69 Å². The van der Waals surface area contributed by atoms with Gasteiger partial charge in [0.2, 0.25) is 0 Å². The third kappa shape index (κ3) is 3.77. The topological polar surface area (TPSA) is 46.6 Å². The van der Waals surface area contributed by atoms with Gasteiger partial charge in [-0.05, 0) is 43.7 Å². The first-order valence-electron chi connectivity index (χ1n) is 8.20. The molecule has 0 saturated heterocycles. The molecule has 3 rings (SSSR count). The fourth-order valence-corrected chi connectivity index (χ4v) is 3.60. The van der Waals surface area contributed by atoms with Crippen LogP contribution < -0.4 is 4.90 Å². The van der Waals surface area contributed by atoms with Crippen molar-refractivity contribution in [3.05, 3.63) is 80.5 Å². The van der Waals surface area contributed by atoms with Gasteiger partial charge in [-0.25, -0.2) is 4.79 Å². The maximum Gasteiger partial charge on any atom is 0.340 e. The molecule has 1 amide bonds. The number of aryl methyl sites for hydroxylation is 1. The number of hydrogen-bond donors (Lipinski definition) is 0. The maximum atomic E-state index is 13.2. The number of amides is 1. The Hall–Kier alpha value is -2.56. The average molecular weight is 402 g/mol. The molecule has 1 aliphatic heterocycles. The van der Waals surface area contributed by atoms with Gasteiger partial charge in [0.05, 0.1) is 23.9 Å². The molecule has 1 heterocycles. The molecule has 2 aromatic rings. The van der Waals surface area contributed by atoms with E-state index in [9.17, 15) is 9.59 Å². The van der Waals surface area contributed by atoms with Crippen LogP contribution in [0.25, 0.3) is 6.08 Å². The summed E-state index contributed by atoms with van der Waals surface area (Å²) < 4.78 is 4.91. The molecule has 0 atom stereocenters. The van der Waals surface area contributed by atoms with Crippen LogP contribution >= 0.6 is 23.2 Å². The molecule has 27 heavy (non-hydrogen) atoms. The maximum absolute atomic E-state index is 13.2. The van der Waals surface area contributed by atoms with Crippen LogP contribution in [0, 0.1) is 6.92 Å². The van der Waals surface area contributed by atoms with Crippen molar-refractivity contribution in [2.45, 2.75) is 13.8 Å². The van der Waals surface area contributed by atoms with Crippen LogP contribution in [0.5, 0.6) is 0 Å². The Balaban J connectivity index is 2.17. The number of halogens is 2. The Labute approximate surface area is 167 Å². The second-order valence-electron chi connectivity index (χ2n) is 6.19. The average Bonchev–Trinajstić information content (AvgIpc) is 2.83. The van der Waals surface area contributed by atoms with Crippen LogP contribution in [0.15, 0.2) is 59.3 Å². The molecule has 0 unspecified atom stereocenters. The minimum atomic E-state index is -0.574. The zero-order valence-electron chi connectivity index (χ0n) is 15.0. The van der Waals surface area contributed by atoms with Gasteiger partial charge in [-0.2, -0.15) is 0 Å². The standard InChI is InChI=1S/C21H17Cl2NO3/c1-12-5-4-6-14(7-12)8-18-19(21(26)27-3)13(2)24(20(18)25)17-10-15(22)9-16(23)11-17/h4-11H,1-3H3/b18-8-. The third-order valence-electron chi connectivity index (χ3n) is 4.25. The van der Waals surface area contributed by atoms with Crippen LogP contribution in [0.3, 0.4) is 0 Å². The van der Waals surface area contributed by atoms with Gasteiger partial charge >= 0.3 is 5.97 Å². The molecule has 6 heteroatoms. The lowest BCUT2D eigenvalue weighted by Gasteiger charge is -2.18. The summed E-state index contributed by atoms with van der Waals surface area (Å²) in [5, 5.41) is 0.794. The lowest BCUT2D eigenvalue weighted by atomic mass is 10.0. The van der Waals surface area contributed by atoms with Gasteiger partial charge in [-0.1, -0.05) is 53.0 Å². The summed E-state index contributed by atoms with van der Waals surface area (Å²) in [6, 6.07) is 12.5. The van der Waals surface area contributed by atoms with Crippen molar-refractivity contribution in [1.29, 1.82) is 0 Å². The molecule has 0 radical (unpaired) electrons. The first-order valence-corrected chi connectivity index (χ1v) is 8.96. The second-order valence-corrected chi connectivity index (χ2v) is 7.07. The van der Waals surface area contributed by atoms with Gasteiger partial charge < -0.3 is 4.74 Å². The summed E-state index contributed by atoms with van der Waals surface area (Å²) in [5.74, 6) is -0.914. The quantitative estimate of drug-likeness (QED) is 0.525. The van der Waals surface area contributed by atoms with Gasteiger partial charge in [0.25, 0.3) is 5.91 Å². The van der Waals surface area contributed by atoms with Crippen LogP contribution in [0.2, 0.25) is 10.0 Å². The Morgan fingerprint density at radius 2 is 1.74 bits per heavy atom. The fourth-order valence-electron chi connectivity index (χ4n) is 3.09. The largest absolute Gasteiger partial charge is 0.465 e. The SMILES string of the molecule is COC(=O)C1=C(C)N(c2cc(Cl)cc(Cl)c2)C(=O)/C1=C\c1cccc(C)c1. The van der Waals surface area contributed by atoms with Gasteiger partial charge in [0, 0.05) is 15.7 Å². The van der Waals surface area contributed by atoms with E-state index < -0.39 is 5.97 Å². The third-order valence-corrected chi connectivity index (χ3v) is 4.68. The molecule has 4 nitrogen and oxygen atoms in total. The summed E-state index contributed by atoms with van der Waals surface area (Å²) in [5.41, 5.74) is 3.31. The molecule has 2 aromatic carbocycles. The number of rotatable bonds is 3. The van der Waals surface area contributed by atoms with E-state index in [4.69, 9.17) is 27.9 Å². The highest BCUT2D eigenvalue weighted by Gasteiger charge is 2.38. The van der Waals surface area contributed by atoms with Crippen molar-refractivity contribution in [3.8, 4) is 0 Å². The first kappa shape index (κ1) is 19.2. The predicted molar refractivity (Wildman–Crippen MR) is 108 cm³/mol. The highest BCUT2D eigenvalue weighted by atomic mass is 35.5. The number of esters is 1. The Kier molecular flexibility index (Phi) is 5.40. The second kappa shape index (κ2) is 7.59. The van der Waals surface area contributed by atoms with Gasteiger partial charge in [-0.15, -0.1) is 0 Å². The first-order chi connectivity index (χ1) is 12.8. The predicted octanol–water partition coefficient (Wildman–Crippen LogP) is 5.18. The molecule has 0 aliphatic carbocycles. The number of nitrogens with zero attached hydrogens (tertiary/aromatic N) is 1. The van der Waals surface area contributed by atoms with E-state index >= 15 is 0 Å². The van der Waals surface area contributed by atoms with Gasteiger partial charge in [0.15, 0.2) is 0 Å². The van der Waals surface area contributed by atoms with Gasteiger partial charge in [0.1, 0.15) is 0 Å². The van der Waals surface area contributed by atoms with Crippen molar-refractivity contribution < 1.29 is 14.3 Å². The van der Waals surface area contributed by atoms with E-state index in [0.29, 0.717) is 21.4 Å². The van der Waals surface area contributed by atoms with Crippen LogP contribution in [-0.2, 0) is 14.3 Å². The molecule has 138 valence electrons. The summed E-state index contributed by atoms with van der Waals surface area (Å²) in [6.07, 6.45) is 1.69. The Morgan fingerprint density at radius 1 is 1.07 bits per heavy atom. The molecule has 1 aliphatic rings. The molecule has 0 spiro atoms. The van der Waals surface area contributed by atoms with Crippen LogP contribution in [0.1, 0.15) is 18.1 Å².